The van der Waals surface area contributed by atoms with Crippen molar-refractivity contribution in [3.63, 3.8) is 0 Å². The van der Waals surface area contributed by atoms with Gasteiger partial charge in [0.15, 0.2) is 0 Å². The van der Waals surface area contributed by atoms with Crippen LogP contribution < -0.4 is 16.5 Å². The first-order valence-electron chi connectivity index (χ1n) is 9.43. The summed E-state index contributed by atoms with van der Waals surface area (Å²) in [4.78, 5) is 17.0. The number of hydrogen-bond acceptors (Lipinski definition) is 5. The fourth-order valence-corrected chi connectivity index (χ4v) is 3.62. The monoisotopic (exact) mass is 375 g/mol. The molecule has 1 aromatic heterocycles. The maximum absolute atomic E-state index is 12.9. The van der Waals surface area contributed by atoms with E-state index < -0.39 is 13.0 Å². The molecule has 7 heteroatoms. The van der Waals surface area contributed by atoms with Gasteiger partial charge in [-0.25, -0.2) is 0 Å². The minimum absolute atomic E-state index is 0.166. The summed E-state index contributed by atoms with van der Waals surface area (Å²) >= 11 is 0. The molecule has 1 unspecified atom stereocenters. The van der Waals surface area contributed by atoms with Gasteiger partial charge in [-0.3, -0.25) is 9.78 Å². The number of benzene rings is 2. The van der Waals surface area contributed by atoms with Crippen LogP contribution in [0.1, 0.15) is 23.5 Å². The van der Waals surface area contributed by atoms with E-state index in [1.165, 1.54) is 0 Å². The Labute approximate surface area is 163 Å². The molecular weight excluding hydrogens is 353 g/mol. The van der Waals surface area contributed by atoms with Gasteiger partial charge in [-0.1, -0.05) is 24.3 Å². The second-order valence-electron chi connectivity index (χ2n) is 7.00. The molecule has 0 spiro atoms. The zero-order valence-electron chi connectivity index (χ0n) is 15.5. The average molecular weight is 375 g/mol. The van der Waals surface area contributed by atoms with E-state index in [4.69, 9.17) is 10.4 Å². The number of aryl methyl sites for hydroxylation is 1. The molecule has 4 rings (SSSR count). The van der Waals surface area contributed by atoms with Gasteiger partial charge in [0, 0.05) is 36.6 Å². The summed E-state index contributed by atoms with van der Waals surface area (Å²) in [6.45, 7) is 0.683. The summed E-state index contributed by atoms with van der Waals surface area (Å²) in [6, 6.07) is 13.3. The van der Waals surface area contributed by atoms with E-state index in [0.717, 1.165) is 40.2 Å². The van der Waals surface area contributed by atoms with Crippen LogP contribution in [0, 0.1) is 0 Å². The van der Waals surface area contributed by atoms with Crippen molar-refractivity contribution in [3.8, 4) is 0 Å². The Balaban J connectivity index is 1.58. The van der Waals surface area contributed by atoms with Crippen LogP contribution in [0.2, 0.25) is 0 Å². The van der Waals surface area contributed by atoms with Crippen molar-refractivity contribution >= 4 is 34.9 Å². The molecule has 2 heterocycles. The number of nitrogens with two attached hydrogens (primary N) is 1. The van der Waals surface area contributed by atoms with E-state index in [1.54, 1.807) is 12.4 Å². The van der Waals surface area contributed by atoms with Gasteiger partial charge in [-0.15, -0.1) is 0 Å². The molecule has 1 aliphatic rings. The predicted octanol–water partition coefficient (Wildman–Crippen LogP) is 1.57. The maximum atomic E-state index is 12.9. The van der Waals surface area contributed by atoms with Crippen LogP contribution in [-0.2, 0) is 15.9 Å². The zero-order chi connectivity index (χ0) is 19.5. The van der Waals surface area contributed by atoms with E-state index >= 15 is 0 Å². The highest BCUT2D eigenvalue weighted by Crippen LogP contribution is 2.22. The van der Waals surface area contributed by atoms with Crippen LogP contribution in [-0.4, -0.2) is 36.2 Å². The highest BCUT2D eigenvalue weighted by atomic mass is 16.5. The quantitative estimate of drug-likeness (QED) is 0.602. The summed E-state index contributed by atoms with van der Waals surface area (Å²) in [7, 11) is -0.965. The molecule has 4 N–H and O–H groups in total. The molecule has 0 bridgehead atoms. The molecule has 0 radical (unpaired) electrons. The van der Waals surface area contributed by atoms with Crippen molar-refractivity contribution in [1.82, 2.24) is 4.98 Å². The number of amides is 1. The third kappa shape index (κ3) is 3.78. The van der Waals surface area contributed by atoms with Crippen molar-refractivity contribution in [2.24, 2.45) is 5.73 Å². The number of nitrogens with zero attached hydrogens (tertiary/aromatic N) is 1. The topological polar surface area (TPSA) is 97.5 Å². The molecule has 6 nitrogen and oxygen atoms in total. The molecule has 0 aliphatic carbocycles. The van der Waals surface area contributed by atoms with Crippen LogP contribution in [0.4, 0.5) is 5.69 Å². The van der Waals surface area contributed by atoms with Crippen molar-refractivity contribution < 1.29 is 14.5 Å². The first-order valence-corrected chi connectivity index (χ1v) is 9.43. The molecule has 28 heavy (non-hydrogen) atoms. The van der Waals surface area contributed by atoms with Crippen molar-refractivity contribution in [2.45, 2.75) is 18.8 Å². The van der Waals surface area contributed by atoms with E-state index in [0.29, 0.717) is 12.3 Å². The molecular formula is C21H22BN3O3. The Morgan fingerprint density at radius 2 is 2.14 bits per heavy atom. The average Bonchev–Trinajstić information content (AvgIpc) is 2.90. The molecule has 1 aliphatic heterocycles. The number of aromatic nitrogens is 1. The number of rotatable bonds is 4. The van der Waals surface area contributed by atoms with Crippen molar-refractivity contribution in [2.75, 3.05) is 18.5 Å². The number of carbonyl (C=O) groups is 1. The number of nitrogens with one attached hydrogen (secondary N) is 1. The largest absolute Gasteiger partial charge is 0.491 e. The molecule has 0 fully saturated rings. The molecule has 2 aromatic carbocycles. The van der Waals surface area contributed by atoms with Crippen molar-refractivity contribution in [3.05, 3.63) is 66.0 Å². The van der Waals surface area contributed by atoms with Gasteiger partial charge in [-0.2, -0.15) is 0 Å². The molecule has 3 aromatic rings. The summed E-state index contributed by atoms with van der Waals surface area (Å²) in [5, 5.41) is 15.2. The lowest BCUT2D eigenvalue weighted by molar-refractivity contribution is -0.117. The lowest BCUT2D eigenvalue weighted by atomic mass is 9.74. The SMILES string of the molecule is NCC(C(=O)Nc1ccc2cnccc2c1)c1ccc2c(c1)B(O)OCCC2. The van der Waals surface area contributed by atoms with Crippen molar-refractivity contribution in [1.29, 1.82) is 0 Å². The van der Waals surface area contributed by atoms with E-state index in [-0.39, 0.29) is 12.5 Å². The number of fused-ring (bicyclic) bond motifs is 2. The fourth-order valence-electron chi connectivity index (χ4n) is 3.62. The first kappa shape index (κ1) is 18.6. The van der Waals surface area contributed by atoms with Crippen LogP contribution in [0.25, 0.3) is 10.8 Å². The lowest BCUT2D eigenvalue weighted by Crippen LogP contribution is -2.36. The third-order valence-corrected chi connectivity index (χ3v) is 5.16. The Morgan fingerprint density at radius 3 is 3.00 bits per heavy atom. The number of hydrogen-bond donors (Lipinski definition) is 3. The molecule has 1 atom stereocenters. The normalized spacial score (nSPS) is 15.0. The van der Waals surface area contributed by atoms with Gasteiger partial charge in [0.25, 0.3) is 0 Å². The second-order valence-corrected chi connectivity index (χ2v) is 7.00. The molecule has 1 amide bonds. The maximum Gasteiger partial charge on any atom is 0.491 e. The smallest absolute Gasteiger partial charge is 0.423 e. The number of pyridine rings is 1. The highest BCUT2D eigenvalue weighted by Gasteiger charge is 2.26. The van der Waals surface area contributed by atoms with Crippen LogP contribution in [0.5, 0.6) is 0 Å². The minimum Gasteiger partial charge on any atom is -0.423 e. The predicted molar refractivity (Wildman–Crippen MR) is 110 cm³/mol. The summed E-state index contributed by atoms with van der Waals surface area (Å²) in [5.74, 6) is -0.700. The van der Waals surface area contributed by atoms with E-state index in [2.05, 4.69) is 10.3 Å². The zero-order valence-corrected chi connectivity index (χ0v) is 15.5. The molecule has 0 saturated heterocycles. The number of anilines is 1. The standard InChI is InChI=1S/C21H22BN3O3/c23-12-19(16-4-3-14-2-1-9-28-22(27)20(14)11-16)21(26)25-18-6-5-17-13-24-8-7-15(17)10-18/h3-8,10-11,13,19,27H,1-2,9,12,23H2,(H,25,26). The summed E-state index contributed by atoms with van der Waals surface area (Å²) in [6.07, 6.45) is 5.21. The van der Waals surface area contributed by atoms with Gasteiger partial charge >= 0.3 is 7.12 Å². The van der Waals surface area contributed by atoms with Gasteiger partial charge in [0.05, 0.1) is 5.92 Å². The Bertz CT molecular complexity index is 1010. The van der Waals surface area contributed by atoms with E-state index in [9.17, 15) is 9.82 Å². The second kappa shape index (κ2) is 8.10. The van der Waals surface area contributed by atoms with Crippen LogP contribution in [0.3, 0.4) is 0 Å². The van der Waals surface area contributed by atoms with E-state index in [1.807, 2.05) is 42.5 Å². The Kier molecular flexibility index (Phi) is 5.39. The van der Waals surface area contributed by atoms with Gasteiger partial charge < -0.3 is 20.7 Å². The van der Waals surface area contributed by atoms with Gasteiger partial charge in [-0.05, 0) is 53.0 Å². The third-order valence-electron chi connectivity index (χ3n) is 5.16. The lowest BCUT2D eigenvalue weighted by Gasteiger charge is -2.18. The minimum atomic E-state index is -0.965. The number of carbonyl (C=O) groups excluding carboxylic acids is 1. The summed E-state index contributed by atoms with van der Waals surface area (Å²) in [5.41, 5.74) is 9.18. The fraction of sp³-hybridized carbons (Fsp3) is 0.238. The first-order chi connectivity index (χ1) is 13.7. The Hall–Kier alpha value is -2.74. The van der Waals surface area contributed by atoms with Gasteiger partial charge in [0.1, 0.15) is 0 Å². The molecule has 0 saturated carbocycles. The molecule has 142 valence electrons. The Morgan fingerprint density at radius 1 is 1.25 bits per heavy atom. The van der Waals surface area contributed by atoms with Crippen LogP contribution in [0.15, 0.2) is 54.9 Å². The van der Waals surface area contributed by atoms with Gasteiger partial charge in [0.2, 0.25) is 5.91 Å². The van der Waals surface area contributed by atoms with Crippen LogP contribution >= 0.6 is 0 Å². The summed E-state index contributed by atoms with van der Waals surface area (Å²) < 4.78 is 5.41. The highest BCUT2D eigenvalue weighted by molar-refractivity contribution is 6.60.